The average molecular weight is 376 g/mol. The Bertz CT molecular complexity index is 829. The van der Waals surface area contributed by atoms with Crippen LogP contribution in [0.4, 0.5) is 0 Å². The molecular weight excluding hydrogens is 358 g/mol. The number of furan rings is 1. The van der Waals surface area contributed by atoms with Crippen LogP contribution in [0.3, 0.4) is 0 Å². The third kappa shape index (κ3) is 4.51. The molecule has 0 spiro atoms. The Morgan fingerprint density at radius 1 is 1.24 bits per heavy atom. The molecule has 0 bridgehead atoms. The van der Waals surface area contributed by atoms with Gasteiger partial charge >= 0.3 is 0 Å². The number of hydrogen-bond acceptors (Lipinski definition) is 4. The van der Waals surface area contributed by atoms with Crippen molar-refractivity contribution < 1.29 is 14.3 Å². The number of thiophene rings is 1. The van der Waals surface area contributed by atoms with Gasteiger partial charge in [-0.25, -0.2) is 0 Å². The van der Waals surface area contributed by atoms with Gasteiger partial charge in [0.2, 0.25) is 0 Å². The Kier molecular flexibility index (Phi) is 5.91. The fourth-order valence-corrected chi connectivity index (χ4v) is 3.44. The van der Waals surface area contributed by atoms with Crippen molar-refractivity contribution in [3.63, 3.8) is 0 Å². The number of halogens is 1. The van der Waals surface area contributed by atoms with Crippen LogP contribution in [0.1, 0.15) is 16.1 Å². The van der Waals surface area contributed by atoms with Crippen LogP contribution >= 0.6 is 22.9 Å². The summed E-state index contributed by atoms with van der Waals surface area (Å²) in [4.78, 5) is 12.3. The highest BCUT2D eigenvalue weighted by molar-refractivity contribution is 7.07. The Morgan fingerprint density at radius 3 is 2.80 bits per heavy atom. The van der Waals surface area contributed by atoms with Gasteiger partial charge in [-0.15, -0.1) is 0 Å². The van der Waals surface area contributed by atoms with Crippen LogP contribution in [0.5, 0.6) is 0 Å². The zero-order chi connectivity index (χ0) is 17.6. The molecule has 2 aromatic heterocycles. The second-order valence-electron chi connectivity index (χ2n) is 5.74. The van der Waals surface area contributed by atoms with Crippen molar-refractivity contribution in [3.05, 3.63) is 69.6 Å². The van der Waals surface area contributed by atoms with Gasteiger partial charge in [0, 0.05) is 24.6 Å². The quantitative estimate of drug-likeness (QED) is 0.649. The molecule has 0 fully saturated rings. The first kappa shape index (κ1) is 17.7. The van der Waals surface area contributed by atoms with E-state index < -0.39 is 0 Å². The molecule has 0 unspecified atom stereocenters. The van der Waals surface area contributed by atoms with E-state index in [1.54, 1.807) is 29.5 Å². The number of aliphatic hydroxyl groups is 1. The molecule has 2 heterocycles. The van der Waals surface area contributed by atoms with Crippen LogP contribution in [0.15, 0.2) is 57.6 Å². The normalized spacial score (nSPS) is 12.1. The molecule has 4 nitrogen and oxygen atoms in total. The minimum atomic E-state index is -0.304. The Balaban J connectivity index is 1.61. The monoisotopic (exact) mass is 375 g/mol. The zero-order valence-electron chi connectivity index (χ0n) is 13.4. The van der Waals surface area contributed by atoms with Gasteiger partial charge in [0.15, 0.2) is 5.76 Å². The van der Waals surface area contributed by atoms with Crippen LogP contribution in [0.25, 0.3) is 11.3 Å². The number of aliphatic hydroxyl groups excluding tert-OH is 1. The van der Waals surface area contributed by atoms with Crippen LogP contribution in [-0.2, 0) is 6.42 Å². The number of nitrogens with one attached hydrogen (secondary N) is 1. The van der Waals surface area contributed by atoms with E-state index in [1.165, 1.54) is 0 Å². The van der Waals surface area contributed by atoms with Crippen LogP contribution < -0.4 is 5.32 Å². The van der Waals surface area contributed by atoms with Crippen molar-refractivity contribution in [1.29, 1.82) is 0 Å². The number of benzene rings is 1. The fraction of sp³-hybridized carbons (Fsp3) is 0.211. The SMILES string of the molecule is O=C(NC[C@@H](CO)Cc1ccsc1)c1ccc(-c2ccccc2Cl)o1. The van der Waals surface area contributed by atoms with Gasteiger partial charge in [-0.2, -0.15) is 11.3 Å². The van der Waals surface area contributed by atoms with Crippen molar-refractivity contribution in [2.75, 3.05) is 13.2 Å². The molecule has 0 radical (unpaired) electrons. The molecule has 25 heavy (non-hydrogen) atoms. The summed E-state index contributed by atoms with van der Waals surface area (Å²) in [5.74, 6) is 0.438. The number of hydrogen-bond donors (Lipinski definition) is 2. The second kappa shape index (κ2) is 8.34. The highest BCUT2D eigenvalue weighted by Crippen LogP contribution is 2.29. The predicted molar refractivity (Wildman–Crippen MR) is 100 cm³/mol. The first-order valence-corrected chi connectivity index (χ1v) is 9.24. The molecule has 0 aliphatic carbocycles. The summed E-state index contributed by atoms with van der Waals surface area (Å²) in [6.45, 7) is 0.395. The lowest BCUT2D eigenvalue weighted by atomic mass is 10.0. The molecule has 1 aromatic carbocycles. The zero-order valence-corrected chi connectivity index (χ0v) is 15.0. The summed E-state index contributed by atoms with van der Waals surface area (Å²) >= 11 is 7.77. The highest BCUT2D eigenvalue weighted by Gasteiger charge is 2.16. The topological polar surface area (TPSA) is 62.5 Å². The van der Waals surface area contributed by atoms with E-state index in [2.05, 4.69) is 5.32 Å². The van der Waals surface area contributed by atoms with Crippen molar-refractivity contribution in [2.24, 2.45) is 5.92 Å². The largest absolute Gasteiger partial charge is 0.451 e. The number of rotatable bonds is 7. The number of carbonyl (C=O) groups excluding carboxylic acids is 1. The van der Waals surface area contributed by atoms with E-state index in [9.17, 15) is 9.90 Å². The summed E-state index contributed by atoms with van der Waals surface area (Å²) in [6, 6.07) is 12.7. The van der Waals surface area contributed by atoms with Crippen LogP contribution in [-0.4, -0.2) is 24.2 Å². The minimum Gasteiger partial charge on any atom is -0.451 e. The maximum Gasteiger partial charge on any atom is 0.287 e. The molecule has 0 aliphatic heterocycles. The molecule has 3 aromatic rings. The maximum atomic E-state index is 12.3. The van der Waals surface area contributed by atoms with E-state index >= 15 is 0 Å². The molecule has 3 rings (SSSR count). The lowest BCUT2D eigenvalue weighted by molar-refractivity contribution is 0.0913. The lowest BCUT2D eigenvalue weighted by Crippen LogP contribution is -2.31. The van der Waals surface area contributed by atoms with Gasteiger partial charge < -0.3 is 14.8 Å². The van der Waals surface area contributed by atoms with Gasteiger partial charge in [-0.3, -0.25) is 4.79 Å². The Labute approximate surface area is 155 Å². The summed E-state index contributed by atoms with van der Waals surface area (Å²) < 4.78 is 5.63. The van der Waals surface area contributed by atoms with Crippen LogP contribution in [0.2, 0.25) is 5.02 Å². The van der Waals surface area contributed by atoms with Gasteiger partial charge in [-0.05, 0) is 53.1 Å². The summed E-state index contributed by atoms with van der Waals surface area (Å²) in [5.41, 5.74) is 1.91. The van der Waals surface area contributed by atoms with E-state index in [0.717, 1.165) is 17.5 Å². The van der Waals surface area contributed by atoms with Gasteiger partial charge in [-0.1, -0.05) is 23.7 Å². The average Bonchev–Trinajstić information content (AvgIpc) is 3.30. The van der Waals surface area contributed by atoms with E-state index in [-0.39, 0.29) is 24.2 Å². The molecule has 1 atom stereocenters. The third-order valence-electron chi connectivity index (χ3n) is 3.88. The molecule has 6 heteroatoms. The molecule has 0 aliphatic rings. The maximum absolute atomic E-state index is 12.3. The smallest absolute Gasteiger partial charge is 0.287 e. The molecular formula is C19H18ClNO3S. The first-order valence-electron chi connectivity index (χ1n) is 7.92. The summed E-state index contributed by atoms with van der Waals surface area (Å²) in [7, 11) is 0. The first-order chi connectivity index (χ1) is 12.2. The number of carbonyl (C=O) groups is 1. The Morgan fingerprint density at radius 2 is 2.08 bits per heavy atom. The van der Waals surface area contributed by atoms with E-state index in [1.807, 2.05) is 35.0 Å². The van der Waals surface area contributed by atoms with E-state index in [4.69, 9.17) is 16.0 Å². The third-order valence-corrected chi connectivity index (χ3v) is 4.94. The Hall–Kier alpha value is -2.08. The predicted octanol–water partition coefficient (Wildman–Crippen LogP) is 4.24. The van der Waals surface area contributed by atoms with Crippen LogP contribution in [0, 0.1) is 5.92 Å². The molecule has 2 N–H and O–H groups in total. The van der Waals surface area contributed by atoms with E-state index in [0.29, 0.717) is 17.3 Å². The second-order valence-corrected chi connectivity index (χ2v) is 6.93. The van der Waals surface area contributed by atoms with Crippen molar-refractivity contribution in [2.45, 2.75) is 6.42 Å². The van der Waals surface area contributed by atoms with Crippen molar-refractivity contribution in [3.8, 4) is 11.3 Å². The van der Waals surface area contributed by atoms with Crippen molar-refractivity contribution in [1.82, 2.24) is 5.32 Å². The molecule has 130 valence electrons. The standard InChI is InChI=1S/C19H18ClNO3S/c20-16-4-2-1-3-15(16)17-5-6-18(24-17)19(23)21-10-14(11-22)9-13-7-8-25-12-13/h1-8,12,14,22H,9-11H2,(H,21,23)/t14-/m0/s1. The number of amides is 1. The molecule has 0 saturated heterocycles. The highest BCUT2D eigenvalue weighted by atomic mass is 35.5. The lowest BCUT2D eigenvalue weighted by Gasteiger charge is -2.13. The summed E-state index contributed by atoms with van der Waals surface area (Å²) in [5, 5.41) is 16.9. The van der Waals surface area contributed by atoms with Crippen molar-refractivity contribution >= 4 is 28.8 Å². The van der Waals surface area contributed by atoms with Gasteiger partial charge in [0.05, 0.1) is 5.02 Å². The van der Waals surface area contributed by atoms with Gasteiger partial charge in [0.1, 0.15) is 5.76 Å². The fourth-order valence-electron chi connectivity index (χ4n) is 2.53. The molecule has 1 amide bonds. The summed E-state index contributed by atoms with van der Waals surface area (Å²) in [6.07, 6.45) is 0.726. The minimum absolute atomic E-state index is 0.0131. The molecule has 0 saturated carbocycles. The van der Waals surface area contributed by atoms with Gasteiger partial charge in [0.25, 0.3) is 5.91 Å².